The molecule has 1 saturated heterocycles. The molecule has 2 fully saturated rings. The summed E-state index contributed by atoms with van der Waals surface area (Å²) >= 11 is 0. The molecule has 0 unspecified atom stereocenters. The average Bonchev–Trinajstić information content (AvgIpc) is 3.39. The van der Waals surface area contributed by atoms with Crippen LogP contribution in [0.1, 0.15) is 49.7 Å². The number of nitrogens with zero attached hydrogens (tertiary/aromatic N) is 2. The van der Waals surface area contributed by atoms with Gasteiger partial charge in [0.05, 0.1) is 26.7 Å². The largest absolute Gasteiger partial charge is 0.375 e. The Morgan fingerprint density at radius 1 is 0.938 bits per heavy atom. The Hall–Kier alpha value is -2.17. The molecule has 0 aromatic heterocycles. The van der Waals surface area contributed by atoms with Gasteiger partial charge in [-0.05, 0) is 24.0 Å². The first-order valence-corrected chi connectivity index (χ1v) is 12.3. The van der Waals surface area contributed by atoms with E-state index in [-0.39, 0.29) is 11.8 Å². The third-order valence-electron chi connectivity index (χ3n) is 8.05. The Bertz CT molecular complexity index is 869. The van der Waals surface area contributed by atoms with Crippen LogP contribution in [0.3, 0.4) is 0 Å². The Kier molecular flexibility index (Phi) is 7.02. The number of rotatable bonds is 7. The number of hydrogen-bond donors (Lipinski definition) is 1. The number of hydrogen-bond acceptors (Lipinski definition) is 2. The molecule has 0 spiro atoms. The lowest BCUT2D eigenvalue weighted by Gasteiger charge is -2.45. The zero-order valence-corrected chi connectivity index (χ0v) is 19.7. The van der Waals surface area contributed by atoms with Crippen LogP contribution in [0, 0.1) is 5.92 Å². The summed E-state index contributed by atoms with van der Waals surface area (Å²) in [5.41, 5.74) is 0.760. The predicted octanol–water partition coefficient (Wildman–Crippen LogP) is 4.37. The van der Waals surface area contributed by atoms with Gasteiger partial charge in [-0.25, -0.2) is 0 Å². The van der Waals surface area contributed by atoms with Crippen LogP contribution in [-0.2, 0) is 16.8 Å². The fraction of sp³-hybridized carbons (Fsp3) is 0.536. The fourth-order valence-corrected chi connectivity index (χ4v) is 5.82. The Morgan fingerprint density at radius 3 is 2.09 bits per heavy atom. The molecule has 1 atom stereocenters. The molecule has 4 heteroatoms. The van der Waals surface area contributed by atoms with Gasteiger partial charge >= 0.3 is 0 Å². The van der Waals surface area contributed by atoms with Crippen LogP contribution < -0.4 is 0 Å². The van der Waals surface area contributed by atoms with Crippen molar-refractivity contribution in [2.24, 2.45) is 5.92 Å². The first kappa shape index (κ1) is 23.0. The lowest BCUT2D eigenvalue weighted by atomic mass is 9.78. The van der Waals surface area contributed by atoms with E-state index in [1.54, 1.807) is 0 Å². The summed E-state index contributed by atoms with van der Waals surface area (Å²) in [7, 11) is 4.65. The molecule has 4 rings (SSSR count). The van der Waals surface area contributed by atoms with Crippen LogP contribution in [0.15, 0.2) is 60.7 Å². The second-order valence-electron chi connectivity index (χ2n) is 10.4. The van der Waals surface area contributed by atoms with E-state index in [0.29, 0.717) is 6.04 Å². The second-order valence-corrected chi connectivity index (χ2v) is 10.4. The number of likely N-dealkylation sites (N-methyl/N-ethyl adjacent to an activating group) is 1. The van der Waals surface area contributed by atoms with Crippen LogP contribution in [0.25, 0.3) is 0 Å². The third kappa shape index (κ3) is 4.77. The highest BCUT2D eigenvalue weighted by Gasteiger charge is 2.49. The minimum Gasteiger partial charge on any atom is -0.375 e. The van der Waals surface area contributed by atoms with Gasteiger partial charge in [0.25, 0.3) is 5.91 Å². The summed E-state index contributed by atoms with van der Waals surface area (Å²) < 4.78 is 0.975. The maximum Gasteiger partial charge on any atom is 0.259 e. The summed E-state index contributed by atoms with van der Waals surface area (Å²) in [6.07, 6.45) is 7.10. The molecule has 172 valence electrons. The number of piperidine rings is 1. The topological polar surface area (TPSA) is 40.5 Å². The van der Waals surface area contributed by atoms with Crippen molar-refractivity contribution in [3.63, 3.8) is 0 Å². The molecular formula is C28H39N2O2+. The number of amides is 1. The van der Waals surface area contributed by atoms with Crippen LogP contribution in [0.4, 0.5) is 0 Å². The van der Waals surface area contributed by atoms with Crippen molar-refractivity contribution in [2.45, 2.75) is 56.6 Å². The molecule has 1 N–H and O–H groups in total. The first-order chi connectivity index (χ1) is 15.4. The highest BCUT2D eigenvalue weighted by molar-refractivity contribution is 5.87. The fourth-order valence-electron chi connectivity index (χ4n) is 5.82. The molecule has 1 heterocycles. The van der Waals surface area contributed by atoms with E-state index in [1.165, 1.54) is 5.56 Å². The maximum absolute atomic E-state index is 13.7. The number of quaternary nitrogens is 1. The normalized spacial score (nSPS) is 20.3. The minimum atomic E-state index is -1.39. The quantitative estimate of drug-likeness (QED) is 0.656. The number of carbonyl (C=O) groups excluding carboxylic acids is 1. The standard InChI is InChI=1S/C28H39N2O2/c1-30(2,22-19-23-11-5-3-6-12-23)26-17-20-29(21-18-26)27(31)28(32,25-15-9-10-16-25)24-13-7-4-8-14-24/h3-8,11-14,25-26,32H,9-10,15-22H2,1-2H3/q+1/t28-/m0/s1. The van der Waals surface area contributed by atoms with Crippen molar-refractivity contribution in [1.82, 2.24) is 4.90 Å². The molecule has 2 aromatic carbocycles. The molecule has 1 saturated carbocycles. The van der Waals surface area contributed by atoms with E-state index in [0.717, 1.165) is 74.6 Å². The Morgan fingerprint density at radius 2 is 1.50 bits per heavy atom. The average molecular weight is 436 g/mol. The summed E-state index contributed by atoms with van der Waals surface area (Å²) in [5, 5.41) is 11.8. The predicted molar refractivity (Wildman–Crippen MR) is 129 cm³/mol. The summed E-state index contributed by atoms with van der Waals surface area (Å²) in [6.45, 7) is 2.56. The lowest BCUT2D eigenvalue weighted by Crippen LogP contribution is -2.58. The van der Waals surface area contributed by atoms with E-state index in [1.807, 2.05) is 35.2 Å². The Labute approximate surface area is 193 Å². The number of likely N-dealkylation sites (tertiary alicyclic amines) is 1. The smallest absolute Gasteiger partial charge is 0.259 e. The second kappa shape index (κ2) is 9.76. The van der Waals surface area contributed by atoms with Crippen LogP contribution in [0.2, 0.25) is 0 Å². The van der Waals surface area contributed by atoms with Crippen molar-refractivity contribution in [2.75, 3.05) is 33.7 Å². The van der Waals surface area contributed by atoms with Crippen molar-refractivity contribution < 1.29 is 14.4 Å². The zero-order chi connectivity index (χ0) is 22.6. The van der Waals surface area contributed by atoms with Gasteiger partial charge in [0.1, 0.15) is 0 Å². The molecule has 0 bridgehead atoms. The van der Waals surface area contributed by atoms with Crippen molar-refractivity contribution in [1.29, 1.82) is 0 Å². The molecule has 2 aliphatic rings. The van der Waals surface area contributed by atoms with Crippen molar-refractivity contribution >= 4 is 5.91 Å². The molecule has 1 aliphatic heterocycles. The zero-order valence-electron chi connectivity index (χ0n) is 19.7. The minimum absolute atomic E-state index is 0.0215. The van der Waals surface area contributed by atoms with Gasteiger partial charge < -0.3 is 14.5 Å². The molecule has 0 radical (unpaired) electrons. The van der Waals surface area contributed by atoms with Gasteiger partial charge in [-0.15, -0.1) is 0 Å². The summed E-state index contributed by atoms with van der Waals surface area (Å²) in [5.74, 6) is -0.0585. The summed E-state index contributed by atoms with van der Waals surface area (Å²) in [4.78, 5) is 15.7. The molecule has 1 amide bonds. The first-order valence-electron chi connectivity index (χ1n) is 12.3. The van der Waals surface area contributed by atoms with E-state index >= 15 is 0 Å². The lowest BCUT2D eigenvalue weighted by molar-refractivity contribution is -0.916. The van der Waals surface area contributed by atoms with E-state index < -0.39 is 5.60 Å². The highest BCUT2D eigenvalue weighted by atomic mass is 16.3. The van der Waals surface area contributed by atoms with E-state index in [2.05, 4.69) is 44.4 Å². The molecule has 32 heavy (non-hydrogen) atoms. The third-order valence-corrected chi connectivity index (χ3v) is 8.05. The van der Waals surface area contributed by atoms with Crippen LogP contribution in [-0.4, -0.2) is 60.2 Å². The molecule has 1 aliphatic carbocycles. The maximum atomic E-state index is 13.7. The number of aliphatic hydroxyl groups is 1. The van der Waals surface area contributed by atoms with Crippen LogP contribution in [0.5, 0.6) is 0 Å². The Balaban J connectivity index is 1.41. The SMILES string of the molecule is C[N+](C)(CCc1ccccc1)C1CCN(C(=O)[C@](O)(c2ccccc2)C2CCCC2)CC1. The molecule has 2 aromatic rings. The van der Waals surface area contributed by atoms with E-state index in [4.69, 9.17) is 0 Å². The molecule has 4 nitrogen and oxygen atoms in total. The van der Waals surface area contributed by atoms with Gasteiger partial charge in [0.2, 0.25) is 0 Å². The van der Waals surface area contributed by atoms with E-state index in [9.17, 15) is 9.90 Å². The van der Waals surface area contributed by atoms with Gasteiger partial charge in [-0.3, -0.25) is 4.79 Å². The number of carbonyl (C=O) groups is 1. The van der Waals surface area contributed by atoms with Crippen LogP contribution >= 0.6 is 0 Å². The van der Waals surface area contributed by atoms with Gasteiger partial charge in [0.15, 0.2) is 5.60 Å². The number of benzene rings is 2. The monoisotopic (exact) mass is 435 g/mol. The van der Waals surface area contributed by atoms with Crippen molar-refractivity contribution in [3.05, 3.63) is 71.8 Å². The summed E-state index contributed by atoms with van der Waals surface area (Å²) in [6, 6.07) is 20.9. The van der Waals surface area contributed by atoms with Gasteiger partial charge in [-0.2, -0.15) is 0 Å². The van der Waals surface area contributed by atoms with Crippen molar-refractivity contribution in [3.8, 4) is 0 Å². The van der Waals surface area contributed by atoms with Gasteiger partial charge in [0, 0.05) is 38.3 Å². The van der Waals surface area contributed by atoms with Gasteiger partial charge in [-0.1, -0.05) is 73.5 Å². The highest BCUT2D eigenvalue weighted by Crippen LogP contribution is 2.42. The molecular weight excluding hydrogens is 396 g/mol.